The zero-order valence-electron chi connectivity index (χ0n) is 10.0. The molecule has 1 rings (SSSR count). The Balaban J connectivity index is 3.23. The van der Waals surface area contributed by atoms with Gasteiger partial charge in [-0.2, -0.15) is 0 Å². The van der Waals surface area contributed by atoms with Crippen molar-refractivity contribution in [1.29, 1.82) is 0 Å². The predicted molar refractivity (Wildman–Crippen MR) is 67.1 cm³/mol. The highest BCUT2D eigenvalue weighted by molar-refractivity contribution is 5.78. The number of hydrogen-bond donors (Lipinski definition) is 1. The number of aromatic hydroxyl groups is 1. The van der Waals surface area contributed by atoms with Crippen LogP contribution < -0.4 is 0 Å². The van der Waals surface area contributed by atoms with E-state index in [1.165, 1.54) is 0 Å². The molecule has 1 aromatic carbocycles. The molecule has 0 aliphatic heterocycles. The van der Waals surface area contributed by atoms with Crippen molar-refractivity contribution in [2.75, 3.05) is 7.11 Å². The molecule has 0 unspecified atom stereocenters. The van der Waals surface area contributed by atoms with Crippen LogP contribution in [0, 0.1) is 0 Å². The van der Waals surface area contributed by atoms with E-state index < -0.39 is 0 Å². The molecular weight excluding hydrogens is 200 g/mol. The molecule has 0 spiro atoms. The average Bonchev–Trinajstić information content (AvgIpc) is 2.31. The fourth-order valence-electron chi connectivity index (χ4n) is 1.44. The number of ether oxygens (including phenoxy) is 1. The fourth-order valence-corrected chi connectivity index (χ4v) is 1.44. The molecule has 86 valence electrons. The summed E-state index contributed by atoms with van der Waals surface area (Å²) < 4.78 is 5.24. The smallest absolute Gasteiger partial charge is 0.123 e. The van der Waals surface area contributed by atoms with Crippen LogP contribution in [-0.4, -0.2) is 12.2 Å². The van der Waals surface area contributed by atoms with Gasteiger partial charge in [0.15, 0.2) is 0 Å². The summed E-state index contributed by atoms with van der Waals surface area (Å²) in [7, 11) is 1.63. The first-order chi connectivity index (χ1) is 7.70. The van der Waals surface area contributed by atoms with E-state index in [0.29, 0.717) is 0 Å². The molecule has 2 heteroatoms. The lowest BCUT2D eigenvalue weighted by atomic mass is 10.0. The summed E-state index contributed by atoms with van der Waals surface area (Å²) in [5.74, 6) is 1.07. The van der Waals surface area contributed by atoms with Gasteiger partial charge in [0.05, 0.1) is 7.11 Å². The van der Waals surface area contributed by atoms with Gasteiger partial charge in [-0.1, -0.05) is 37.3 Å². The number of allylic oxidation sites excluding steroid dienone is 4. The summed E-state index contributed by atoms with van der Waals surface area (Å²) in [4.78, 5) is 0. The Morgan fingerprint density at radius 2 is 2.06 bits per heavy atom. The first-order valence-corrected chi connectivity index (χ1v) is 5.40. The van der Waals surface area contributed by atoms with E-state index in [0.717, 1.165) is 23.3 Å². The van der Waals surface area contributed by atoms with E-state index in [2.05, 4.69) is 6.92 Å². The first-order valence-electron chi connectivity index (χ1n) is 5.40. The summed E-state index contributed by atoms with van der Waals surface area (Å²) >= 11 is 0. The Hall–Kier alpha value is -1.70. The van der Waals surface area contributed by atoms with Gasteiger partial charge in [0.2, 0.25) is 0 Å². The third kappa shape index (κ3) is 2.89. The van der Waals surface area contributed by atoms with E-state index in [-0.39, 0.29) is 5.75 Å². The van der Waals surface area contributed by atoms with Crippen molar-refractivity contribution >= 4 is 5.57 Å². The minimum atomic E-state index is 0.273. The van der Waals surface area contributed by atoms with Crippen molar-refractivity contribution in [2.45, 2.75) is 20.3 Å². The van der Waals surface area contributed by atoms with Gasteiger partial charge in [-0.3, -0.25) is 0 Å². The molecule has 2 nitrogen and oxygen atoms in total. The molecule has 0 saturated carbocycles. The molecule has 0 heterocycles. The van der Waals surface area contributed by atoms with Gasteiger partial charge >= 0.3 is 0 Å². The van der Waals surface area contributed by atoms with Crippen LogP contribution in [0.25, 0.3) is 5.57 Å². The second kappa shape index (κ2) is 6.01. The maximum absolute atomic E-state index is 9.80. The van der Waals surface area contributed by atoms with Crippen molar-refractivity contribution in [3.8, 4) is 5.75 Å². The zero-order chi connectivity index (χ0) is 12.0. The third-order valence-electron chi connectivity index (χ3n) is 2.40. The van der Waals surface area contributed by atoms with Crippen LogP contribution in [0.3, 0.4) is 0 Å². The Kier molecular flexibility index (Phi) is 4.65. The maximum atomic E-state index is 9.80. The largest absolute Gasteiger partial charge is 0.507 e. The number of phenols is 1. The quantitative estimate of drug-likeness (QED) is 0.616. The third-order valence-corrected chi connectivity index (χ3v) is 2.40. The van der Waals surface area contributed by atoms with Crippen LogP contribution in [0.4, 0.5) is 0 Å². The van der Waals surface area contributed by atoms with Gasteiger partial charge in [0, 0.05) is 11.1 Å². The van der Waals surface area contributed by atoms with E-state index in [1.54, 1.807) is 13.2 Å². The lowest BCUT2D eigenvalue weighted by Crippen LogP contribution is -1.89. The Labute approximate surface area is 96.9 Å². The highest BCUT2D eigenvalue weighted by Gasteiger charge is 2.07. The van der Waals surface area contributed by atoms with Crippen LogP contribution in [0.2, 0.25) is 0 Å². The van der Waals surface area contributed by atoms with Gasteiger partial charge in [0.25, 0.3) is 0 Å². The van der Waals surface area contributed by atoms with Crippen LogP contribution in [0.5, 0.6) is 5.75 Å². The van der Waals surface area contributed by atoms with Crippen molar-refractivity contribution in [3.05, 3.63) is 47.7 Å². The van der Waals surface area contributed by atoms with Gasteiger partial charge in [-0.25, -0.2) is 0 Å². The summed E-state index contributed by atoms with van der Waals surface area (Å²) in [6.07, 6.45) is 4.98. The van der Waals surface area contributed by atoms with Gasteiger partial charge in [0.1, 0.15) is 11.5 Å². The monoisotopic (exact) mass is 218 g/mol. The number of para-hydroxylation sites is 1. The molecule has 0 saturated heterocycles. The molecule has 0 aliphatic carbocycles. The summed E-state index contributed by atoms with van der Waals surface area (Å²) in [5.41, 5.74) is 1.72. The molecule has 0 radical (unpaired) electrons. The lowest BCUT2D eigenvalue weighted by Gasteiger charge is -2.09. The second-order valence-electron chi connectivity index (χ2n) is 3.50. The molecule has 0 atom stereocenters. The predicted octanol–water partition coefficient (Wildman–Crippen LogP) is 3.74. The summed E-state index contributed by atoms with van der Waals surface area (Å²) in [5, 5.41) is 9.80. The van der Waals surface area contributed by atoms with E-state index >= 15 is 0 Å². The maximum Gasteiger partial charge on any atom is 0.123 e. The Morgan fingerprint density at radius 1 is 1.38 bits per heavy atom. The number of rotatable bonds is 4. The van der Waals surface area contributed by atoms with Crippen molar-refractivity contribution in [1.82, 2.24) is 0 Å². The number of phenolic OH excluding ortho intramolecular Hbond substituents is 1. The lowest BCUT2D eigenvalue weighted by molar-refractivity contribution is 0.296. The standard InChI is InChI=1S/C14H18O2/c1-4-5-8-12(11(2)16-3)13-9-6-7-10-14(13)15/h5-10,15H,4H2,1-3H3/b8-5-,12-11-. The molecule has 0 aliphatic rings. The topological polar surface area (TPSA) is 29.5 Å². The summed E-state index contributed by atoms with van der Waals surface area (Å²) in [6.45, 7) is 3.96. The normalized spacial score (nSPS) is 12.7. The highest BCUT2D eigenvalue weighted by atomic mass is 16.5. The van der Waals surface area contributed by atoms with Crippen LogP contribution in [0.15, 0.2) is 42.2 Å². The molecule has 0 fully saturated rings. The fraction of sp³-hybridized carbons (Fsp3) is 0.286. The van der Waals surface area contributed by atoms with E-state index in [1.807, 2.05) is 37.3 Å². The number of hydrogen-bond acceptors (Lipinski definition) is 2. The van der Waals surface area contributed by atoms with Crippen LogP contribution in [0.1, 0.15) is 25.8 Å². The number of methoxy groups -OCH3 is 1. The molecule has 1 aromatic rings. The van der Waals surface area contributed by atoms with Crippen molar-refractivity contribution < 1.29 is 9.84 Å². The number of benzene rings is 1. The van der Waals surface area contributed by atoms with Crippen molar-refractivity contribution in [2.24, 2.45) is 0 Å². The van der Waals surface area contributed by atoms with E-state index in [4.69, 9.17) is 4.74 Å². The average molecular weight is 218 g/mol. The molecule has 0 amide bonds. The van der Waals surface area contributed by atoms with E-state index in [9.17, 15) is 5.11 Å². The molecule has 1 N–H and O–H groups in total. The molecular formula is C14H18O2. The first kappa shape index (κ1) is 12.4. The highest BCUT2D eigenvalue weighted by Crippen LogP contribution is 2.28. The van der Waals surface area contributed by atoms with Crippen LogP contribution in [-0.2, 0) is 4.74 Å². The zero-order valence-corrected chi connectivity index (χ0v) is 10.0. The summed E-state index contributed by atoms with van der Waals surface area (Å²) in [6, 6.07) is 7.27. The van der Waals surface area contributed by atoms with Gasteiger partial charge in [-0.05, 0) is 19.4 Å². The molecule has 0 aromatic heterocycles. The van der Waals surface area contributed by atoms with Gasteiger partial charge in [-0.15, -0.1) is 0 Å². The Morgan fingerprint density at radius 3 is 2.62 bits per heavy atom. The molecule has 0 bridgehead atoms. The SMILES string of the molecule is CC/C=C\C(=C(/C)OC)c1ccccc1O. The second-order valence-corrected chi connectivity index (χ2v) is 3.50. The van der Waals surface area contributed by atoms with Crippen LogP contribution >= 0.6 is 0 Å². The molecule has 16 heavy (non-hydrogen) atoms. The van der Waals surface area contributed by atoms with Crippen molar-refractivity contribution in [3.63, 3.8) is 0 Å². The minimum Gasteiger partial charge on any atom is -0.507 e. The van der Waals surface area contributed by atoms with Gasteiger partial charge < -0.3 is 9.84 Å². The Bertz CT molecular complexity index is 403. The minimum absolute atomic E-state index is 0.273.